The molecule has 0 aromatic heterocycles. The summed E-state index contributed by atoms with van der Waals surface area (Å²) in [5.41, 5.74) is 0. The van der Waals surface area contributed by atoms with Crippen LogP contribution >= 0.6 is 23.5 Å². The lowest BCUT2D eigenvalue weighted by molar-refractivity contribution is 0.195. The van der Waals surface area contributed by atoms with Crippen LogP contribution in [0, 0.1) is 0 Å². The van der Waals surface area contributed by atoms with Crippen molar-refractivity contribution in [3.05, 3.63) is 0 Å². The highest BCUT2D eigenvalue weighted by molar-refractivity contribution is 8.00. The van der Waals surface area contributed by atoms with Gasteiger partial charge in [-0.3, -0.25) is 0 Å². The predicted molar refractivity (Wildman–Crippen MR) is 79.1 cm³/mol. The number of amides is 2. The average Bonchev–Trinajstić information content (AvgIpc) is 2.36. The van der Waals surface area contributed by atoms with E-state index in [1.807, 2.05) is 28.4 Å². The highest BCUT2D eigenvalue weighted by Crippen LogP contribution is 2.21. The molecular weight excluding hydrogens is 252 g/mol. The van der Waals surface area contributed by atoms with Crippen LogP contribution in [0.5, 0.6) is 0 Å². The number of nitrogens with zero attached hydrogens (tertiary/aromatic N) is 1. The lowest BCUT2D eigenvalue weighted by atomic mass is 10.2. The van der Waals surface area contributed by atoms with Crippen molar-refractivity contribution in [2.24, 2.45) is 0 Å². The van der Waals surface area contributed by atoms with Crippen LogP contribution < -0.4 is 5.32 Å². The third-order valence-electron chi connectivity index (χ3n) is 3.01. The van der Waals surface area contributed by atoms with Gasteiger partial charge in [-0.15, -0.1) is 0 Å². The van der Waals surface area contributed by atoms with Gasteiger partial charge in [0.15, 0.2) is 0 Å². The quantitative estimate of drug-likeness (QED) is 0.838. The number of urea groups is 1. The Morgan fingerprint density at radius 3 is 3.06 bits per heavy atom. The Morgan fingerprint density at radius 1 is 1.65 bits per heavy atom. The monoisotopic (exact) mass is 276 g/mol. The van der Waals surface area contributed by atoms with Gasteiger partial charge < -0.3 is 10.2 Å². The normalized spacial score (nSPS) is 22.3. The zero-order chi connectivity index (χ0) is 12.7. The van der Waals surface area contributed by atoms with E-state index in [1.165, 1.54) is 0 Å². The molecule has 2 unspecified atom stereocenters. The first kappa shape index (κ1) is 15.0. The van der Waals surface area contributed by atoms with Gasteiger partial charge in [0.1, 0.15) is 0 Å². The maximum absolute atomic E-state index is 12.0. The molecule has 1 N–H and O–H groups in total. The minimum absolute atomic E-state index is 0.123. The number of hydrogen-bond donors (Lipinski definition) is 1. The van der Waals surface area contributed by atoms with E-state index in [0.717, 1.165) is 37.4 Å². The third kappa shape index (κ3) is 5.42. The number of carbonyl (C=O) groups excluding carboxylic acids is 1. The van der Waals surface area contributed by atoms with Gasteiger partial charge in [0.2, 0.25) is 0 Å². The summed E-state index contributed by atoms with van der Waals surface area (Å²) in [4.78, 5) is 14.0. The molecule has 0 aromatic rings. The first-order valence-corrected chi connectivity index (χ1v) is 8.77. The molecular formula is C12H24N2OS2. The van der Waals surface area contributed by atoms with Crippen molar-refractivity contribution in [3.63, 3.8) is 0 Å². The van der Waals surface area contributed by atoms with Gasteiger partial charge in [0.05, 0.1) is 0 Å². The Bertz CT molecular complexity index is 239. The summed E-state index contributed by atoms with van der Waals surface area (Å²) in [5, 5.41) is 3.71. The highest BCUT2D eigenvalue weighted by atomic mass is 32.2. The second kappa shape index (κ2) is 8.14. The molecule has 5 heteroatoms. The fraction of sp³-hybridized carbons (Fsp3) is 0.917. The maximum atomic E-state index is 12.0. The van der Waals surface area contributed by atoms with Crippen LogP contribution in [0.3, 0.4) is 0 Å². The van der Waals surface area contributed by atoms with Crippen LogP contribution in [0.2, 0.25) is 0 Å². The second-order valence-electron chi connectivity index (χ2n) is 4.48. The van der Waals surface area contributed by atoms with Crippen LogP contribution in [0.15, 0.2) is 0 Å². The molecule has 0 radical (unpaired) electrons. The van der Waals surface area contributed by atoms with E-state index in [1.54, 1.807) is 0 Å². The summed E-state index contributed by atoms with van der Waals surface area (Å²) in [7, 11) is 0. The van der Waals surface area contributed by atoms with Crippen LogP contribution in [-0.4, -0.2) is 53.1 Å². The summed E-state index contributed by atoms with van der Waals surface area (Å²) in [6, 6.07) is 0.405. The number of nitrogens with one attached hydrogen (secondary N) is 1. The molecule has 2 amide bonds. The molecule has 1 aliphatic heterocycles. The summed E-state index contributed by atoms with van der Waals surface area (Å²) >= 11 is 3.82. The first-order valence-electron chi connectivity index (χ1n) is 6.33. The van der Waals surface area contributed by atoms with E-state index in [2.05, 4.69) is 25.4 Å². The number of hydrogen-bond acceptors (Lipinski definition) is 3. The molecule has 1 aliphatic rings. The van der Waals surface area contributed by atoms with Gasteiger partial charge in [0.25, 0.3) is 0 Å². The Kier molecular flexibility index (Phi) is 7.19. The van der Waals surface area contributed by atoms with Crippen molar-refractivity contribution in [2.75, 3.05) is 30.9 Å². The summed E-state index contributed by atoms with van der Waals surface area (Å²) in [5.74, 6) is 2.18. The molecule has 2 atom stereocenters. The molecule has 0 spiro atoms. The van der Waals surface area contributed by atoms with Crippen LogP contribution in [0.1, 0.15) is 26.7 Å². The lowest BCUT2D eigenvalue weighted by Gasteiger charge is -2.32. The average molecular weight is 276 g/mol. The van der Waals surface area contributed by atoms with Gasteiger partial charge in [-0.25, -0.2) is 4.79 Å². The zero-order valence-corrected chi connectivity index (χ0v) is 12.7. The van der Waals surface area contributed by atoms with Crippen molar-refractivity contribution in [1.29, 1.82) is 0 Å². The fourth-order valence-electron chi connectivity index (χ4n) is 1.82. The molecule has 1 saturated heterocycles. The van der Waals surface area contributed by atoms with E-state index in [0.29, 0.717) is 5.25 Å². The largest absolute Gasteiger partial charge is 0.336 e. The number of thioether (sulfide) groups is 2. The smallest absolute Gasteiger partial charge is 0.317 e. The standard InChI is InChI=1S/C12H24N2OS2/c1-4-11-9-14(6-8-17-11)12(15)13-10(2)5-7-16-3/h10-11H,4-9H2,1-3H3,(H,13,15). The molecule has 100 valence electrons. The number of carbonyl (C=O) groups is 1. The second-order valence-corrected chi connectivity index (χ2v) is 6.87. The Hall–Kier alpha value is -0.0300. The van der Waals surface area contributed by atoms with Gasteiger partial charge in [-0.2, -0.15) is 23.5 Å². The van der Waals surface area contributed by atoms with Crippen LogP contribution in [0.25, 0.3) is 0 Å². The van der Waals surface area contributed by atoms with E-state index in [9.17, 15) is 4.79 Å². The van der Waals surface area contributed by atoms with Gasteiger partial charge in [0, 0.05) is 30.1 Å². The molecule has 1 fully saturated rings. The maximum Gasteiger partial charge on any atom is 0.317 e. The van der Waals surface area contributed by atoms with E-state index < -0.39 is 0 Å². The Morgan fingerprint density at radius 2 is 2.41 bits per heavy atom. The van der Waals surface area contributed by atoms with E-state index in [4.69, 9.17) is 0 Å². The molecule has 3 nitrogen and oxygen atoms in total. The van der Waals surface area contributed by atoms with Gasteiger partial charge in [-0.05, 0) is 31.8 Å². The lowest BCUT2D eigenvalue weighted by Crippen LogP contribution is -2.49. The van der Waals surface area contributed by atoms with E-state index in [-0.39, 0.29) is 12.1 Å². The topological polar surface area (TPSA) is 32.3 Å². The fourth-order valence-corrected chi connectivity index (χ4v) is 3.59. The highest BCUT2D eigenvalue weighted by Gasteiger charge is 2.23. The van der Waals surface area contributed by atoms with Crippen LogP contribution in [0.4, 0.5) is 4.79 Å². The number of rotatable bonds is 5. The molecule has 17 heavy (non-hydrogen) atoms. The molecule has 0 bridgehead atoms. The summed E-state index contributed by atoms with van der Waals surface area (Å²) in [6.07, 6.45) is 4.30. The Labute approximate surface area is 113 Å². The Balaban J connectivity index is 2.31. The van der Waals surface area contributed by atoms with Crippen LogP contribution in [-0.2, 0) is 0 Å². The minimum Gasteiger partial charge on any atom is -0.336 e. The van der Waals surface area contributed by atoms with Gasteiger partial charge >= 0.3 is 6.03 Å². The molecule has 1 rings (SSSR count). The SMILES string of the molecule is CCC1CN(C(=O)NC(C)CCSC)CCS1. The van der Waals surface area contributed by atoms with Gasteiger partial charge in [-0.1, -0.05) is 6.92 Å². The molecule has 0 saturated carbocycles. The first-order chi connectivity index (χ1) is 8.17. The van der Waals surface area contributed by atoms with Crippen molar-refractivity contribution in [2.45, 2.75) is 38.0 Å². The van der Waals surface area contributed by atoms with Crippen molar-refractivity contribution >= 4 is 29.6 Å². The third-order valence-corrected chi connectivity index (χ3v) is 5.02. The zero-order valence-electron chi connectivity index (χ0n) is 11.1. The van der Waals surface area contributed by atoms with Crippen molar-refractivity contribution in [1.82, 2.24) is 10.2 Å². The molecule has 1 heterocycles. The predicted octanol–water partition coefficient (Wildman–Crippen LogP) is 2.67. The van der Waals surface area contributed by atoms with Crippen molar-refractivity contribution < 1.29 is 4.79 Å². The van der Waals surface area contributed by atoms with Crippen molar-refractivity contribution in [3.8, 4) is 0 Å². The molecule has 0 aromatic carbocycles. The molecule has 0 aliphatic carbocycles. The minimum atomic E-state index is 0.123. The summed E-state index contributed by atoms with van der Waals surface area (Å²) < 4.78 is 0. The van der Waals surface area contributed by atoms with E-state index >= 15 is 0 Å². The summed E-state index contributed by atoms with van der Waals surface area (Å²) in [6.45, 7) is 6.08.